The monoisotopic (exact) mass is 343 g/mol. The summed E-state index contributed by atoms with van der Waals surface area (Å²) in [7, 11) is 0. The van der Waals surface area contributed by atoms with Crippen LogP contribution in [0.25, 0.3) is 0 Å². The minimum Gasteiger partial charge on any atom is -0.339 e. The number of benzene rings is 2. The van der Waals surface area contributed by atoms with Crippen LogP contribution in [0.3, 0.4) is 0 Å². The Kier molecular flexibility index (Phi) is 4.90. The Labute approximate surface area is 151 Å². The maximum Gasteiger partial charge on any atom is 0.276 e. The lowest BCUT2D eigenvalue weighted by Crippen LogP contribution is -2.14. The first-order chi connectivity index (χ1) is 12.6. The van der Waals surface area contributed by atoms with E-state index >= 15 is 0 Å². The van der Waals surface area contributed by atoms with Crippen LogP contribution in [0.5, 0.6) is 0 Å². The molecule has 3 aromatic rings. The number of anilines is 3. The maximum atomic E-state index is 12.2. The third-order valence-corrected chi connectivity index (χ3v) is 4.04. The molecule has 0 bridgehead atoms. The molecule has 26 heavy (non-hydrogen) atoms. The number of carbonyl (C=O) groups excluding carboxylic acids is 1. The van der Waals surface area contributed by atoms with E-state index < -0.39 is 0 Å². The second-order valence-electron chi connectivity index (χ2n) is 5.82. The van der Waals surface area contributed by atoms with Gasteiger partial charge in [-0.15, -0.1) is 10.2 Å². The van der Waals surface area contributed by atoms with Crippen molar-refractivity contribution in [3.63, 3.8) is 0 Å². The molecule has 0 spiro atoms. The van der Waals surface area contributed by atoms with Gasteiger partial charge in [-0.2, -0.15) is 5.26 Å². The van der Waals surface area contributed by atoms with Gasteiger partial charge in [0.25, 0.3) is 5.91 Å². The van der Waals surface area contributed by atoms with Gasteiger partial charge in [0.1, 0.15) is 0 Å². The van der Waals surface area contributed by atoms with Crippen LogP contribution in [0.2, 0.25) is 0 Å². The number of nitrogens with zero attached hydrogens (tertiary/aromatic N) is 3. The van der Waals surface area contributed by atoms with E-state index in [1.807, 2.05) is 38.1 Å². The van der Waals surface area contributed by atoms with E-state index in [0.29, 0.717) is 17.1 Å². The molecule has 0 unspecified atom stereocenters. The summed E-state index contributed by atoms with van der Waals surface area (Å²) < 4.78 is 0. The molecule has 0 atom stereocenters. The molecule has 6 heteroatoms. The highest BCUT2D eigenvalue weighted by Gasteiger charge is 2.09. The predicted octanol–water partition coefficient (Wildman–Crippen LogP) is 3.96. The molecule has 0 fully saturated rings. The molecule has 0 saturated heterocycles. The first-order valence-electron chi connectivity index (χ1n) is 8.05. The minimum absolute atomic E-state index is 0.209. The molecule has 1 heterocycles. The van der Waals surface area contributed by atoms with Crippen LogP contribution in [0.1, 0.15) is 27.2 Å². The quantitative estimate of drug-likeness (QED) is 0.748. The number of amides is 1. The molecule has 128 valence electrons. The molecule has 2 N–H and O–H groups in total. The summed E-state index contributed by atoms with van der Waals surface area (Å²) in [5, 5.41) is 22.8. The molecule has 3 rings (SSSR count). The fourth-order valence-corrected chi connectivity index (χ4v) is 2.37. The molecule has 0 aliphatic heterocycles. The third kappa shape index (κ3) is 3.84. The van der Waals surface area contributed by atoms with Gasteiger partial charge in [0.2, 0.25) is 0 Å². The van der Waals surface area contributed by atoms with Crippen LogP contribution in [-0.4, -0.2) is 16.1 Å². The van der Waals surface area contributed by atoms with Crippen molar-refractivity contribution < 1.29 is 4.79 Å². The van der Waals surface area contributed by atoms with E-state index in [1.54, 1.807) is 36.4 Å². The van der Waals surface area contributed by atoms with Gasteiger partial charge >= 0.3 is 0 Å². The second-order valence-corrected chi connectivity index (χ2v) is 5.82. The van der Waals surface area contributed by atoms with Gasteiger partial charge in [0.05, 0.1) is 11.6 Å². The van der Waals surface area contributed by atoms with E-state index in [0.717, 1.165) is 11.3 Å². The van der Waals surface area contributed by atoms with Crippen molar-refractivity contribution in [2.75, 3.05) is 10.6 Å². The zero-order valence-corrected chi connectivity index (χ0v) is 14.4. The van der Waals surface area contributed by atoms with Crippen molar-refractivity contribution in [3.05, 3.63) is 77.0 Å². The van der Waals surface area contributed by atoms with Gasteiger partial charge in [-0.1, -0.05) is 12.1 Å². The Bertz CT molecular complexity index is 973. The number of aromatic nitrogens is 2. The van der Waals surface area contributed by atoms with Crippen molar-refractivity contribution >= 4 is 23.1 Å². The highest BCUT2D eigenvalue weighted by Crippen LogP contribution is 2.21. The Morgan fingerprint density at radius 2 is 1.77 bits per heavy atom. The maximum absolute atomic E-state index is 12.2. The first kappa shape index (κ1) is 17.1. The van der Waals surface area contributed by atoms with Crippen LogP contribution in [0.15, 0.2) is 54.6 Å². The number of nitrogens with one attached hydrogen (secondary N) is 2. The number of hydrogen-bond donors (Lipinski definition) is 2. The van der Waals surface area contributed by atoms with Gasteiger partial charge in [0.15, 0.2) is 11.5 Å². The summed E-state index contributed by atoms with van der Waals surface area (Å²) in [5.74, 6) is 0.203. The van der Waals surface area contributed by atoms with Crippen molar-refractivity contribution in [2.45, 2.75) is 13.8 Å². The second kappa shape index (κ2) is 7.45. The highest BCUT2D eigenvalue weighted by atomic mass is 16.1. The van der Waals surface area contributed by atoms with Crippen molar-refractivity contribution in [3.8, 4) is 6.07 Å². The highest BCUT2D eigenvalue weighted by molar-refractivity contribution is 6.02. The molecule has 0 radical (unpaired) electrons. The van der Waals surface area contributed by atoms with Crippen LogP contribution in [0.4, 0.5) is 17.2 Å². The molecular formula is C20H17N5O. The van der Waals surface area contributed by atoms with E-state index in [1.165, 1.54) is 5.56 Å². The van der Waals surface area contributed by atoms with Crippen molar-refractivity contribution in [1.82, 2.24) is 10.2 Å². The van der Waals surface area contributed by atoms with E-state index in [2.05, 4.69) is 20.8 Å². The average molecular weight is 343 g/mol. The van der Waals surface area contributed by atoms with Gasteiger partial charge < -0.3 is 10.6 Å². The summed E-state index contributed by atoms with van der Waals surface area (Å²) in [5.41, 5.74) is 4.60. The number of carbonyl (C=O) groups is 1. The Hall–Kier alpha value is -3.72. The molecular weight excluding hydrogens is 326 g/mol. The van der Waals surface area contributed by atoms with Crippen LogP contribution < -0.4 is 10.6 Å². The zero-order chi connectivity index (χ0) is 18.5. The largest absolute Gasteiger partial charge is 0.339 e. The summed E-state index contributed by atoms with van der Waals surface area (Å²) in [6.07, 6.45) is 0. The van der Waals surface area contributed by atoms with E-state index in [4.69, 9.17) is 5.26 Å². The average Bonchev–Trinajstić information content (AvgIpc) is 2.66. The van der Waals surface area contributed by atoms with Gasteiger partial charge in [-0.3, -0.25) is 4.79 Å². The Balaban J connectivity index is 1.69. The summed E-state index contributed by atoms with van der Waals surface area (Å²) in [6.45, 7) is 4.08. The molecule has 1 amide bonds. The molecule has 0 saturated carbocycles. The molecule has 0 aliphatic carbocycles. The van der Waals surface area contributed by atoms with Crippen LogP contribution in [-0.2, 0) is 0 Å². The smallest absolute Gasteiger partial charge is 0.276 e. The van der Waals surface area contributed by atoms with Gasteiger partial charge in [0, 0.05) is 11.4 Å². The number of nitriles is 1. The fourth-order valence-electron chi connectivity index (χ4n) is 2.37. The lowest BCUT2D eigenvalue weighted by atomic mass is 10.1. The first-order valence-corrected chi connectivity index (χ1v) is 8.05. The third-order valence-electron chi connectivity index (χ3n) is 4.04. The standard InChI is InChI=1S/C20H17N5O/c1-13-4-3-5-17(14(13)2)23-19-11-10-18(24-25-19)20(26)22-16-8-6-15(12-21)7-9-16/h3-11H,1-2H3,(H,22,26)(H,23,25). The SMILES string of the molecule is Cc1cccc(Nc2ccc(C(=O)Nc3ccc(C#N)cc3)nn2)c1C. The van der Waals surface area contributed by atoms with Crippen LogP contribution >= 0.6 is 0 Å². The number of hydrogen-bond acceptors (Lipinski definition) is 5. The zero-order valence-electron chi connectivity index (χ0n) is 14.4. The fraction of sp³-hybridized carbons (Fsp3) is 0.100. The van der Waals surface area contributed by atoms with Gasteiger partial charge in [-0.25, -0.2) is 0 Å². The van der Waals surface area contributed by atoms with E-state index in [9.17, 15) is 4.79 Å². The minimum atomic E-state index is -0.361. The molecule has 1 aromatic heterocycles. The molecule has 6 nitrogen and oxygen atoms in total. The Morgan fingerprint density at radius 1 is 1.00 bits per heavy atom. The molecule has 2 aromatic carbocycles. The van der Waals surface area contributed by atoms with Crippen molar-refractivity contribution in [1.29, 1.82) is 5.26 Å². The normalized spacial score (nSPS) is 10.0. The van der Waals surface area contributed by atoms with Gasteiger partial charge in [-0.05, 0) is 67.4 Å². The number of rotatable bonds is 4. The predicted molar refractivity (Wildman–Crippen MR) is 100 cm³/mol. The number of aryl methyl sites for hydroxylation is 1. The summed E-state index contributed by atoms with van der Waals surface area (Å²) in [6, 6.07) is 17.9. The van der Waals surface area contributed by atoms with E-state index in [-0.39, 0.29) is 11.6 Å². The van der Waals surface area contributed by atoms with Crippen LogP contribution in [0, 0.1) is 25.2 Å². The molecule has 0 aliphatic rings. The summed E-state index contributed by atoms with van der Waals surface area (Å²) in [4.78, 5) is 12.2. The Morgan fingerprint density at radius 3 is 2.42 bits per heavy atom. The lowest BCUT2D eigenvalue weighted by molar-refractivity contribution is 0.102. The lowest BCUT2D eigenvalue weighted by Gasteiger charge is -2.10. The van der Waals surface area contributed by atoms with Crippen molar-refractivity contribution in [2.24, 2.45) is 0 Å². The topological polar surface area (TPSA) is 90.7 Å². The summed E-state index contributed by atoms with van der Waals surface area (Å²) >= 11 is 0.